The zero-order valence-corrected chi connectivity index (χ0v) is 11.7. The van der Waals surface area contributed by atoms with Gasteiger partial charge >= 0.3 is 0 Å². The molecule has 0 amide bonds. The highest BCUT2D eigenvalue weighted by atomic mass is 14.9. The van der Waals surface area contributed by atoms with Gasteiger partial charge in [-0.15, -0.1) is 0 Å². The van der Waals surface area contributed by atoms with E-state index in [0.29, 0.717) is 0 Å². The minimum Gasteiger partial charge on any atom is -0.314 e. The van der Waals surface area contributed by atoms with Crippen LogP contribution < -0.4 is 5.32 Å². The highest BCUT2D eigenvalue weighted by Gasteiger charge is 2.26. The maximum Gasteiger partial charge on any atom is 0.00670 e. The predicted octanol–water partition coefficient (Wildman–Crippen LogP) is 4.52. The molecule has 1 heteroatoms. The monoisotopic (exact) mass is 237 g/mol. The van der Waals surface area contributed by atoms with E-state index in [-0.39, 0.29) is 0 Å². The van der Waals surface area contributed by atoms with Crippen molar-refractivity contribution in [3.8, 4) is 0 Å². The number of rotatable bonds is 6. The summed E-state index contributed by atoms with van der Waals surface area (Å²) in [5.74, 6) is 2.11. The highest BCUT2D eigenvalue weighted by Crippen LogP contribution is 2.36. The molecule has 0 heterocycles. The van der Waals surface area contributed by atoms with Gasteiger partial charge < -0.3 is 5.32 Å². The SMILES string of the molecule is CCC[C@H]1CCC[C@H]1CCNC1CCCCC1. The summed E-state index contributed by atoms with van der Waals surface area (Å²) < 4.78 is 0. The Balaban J connectivity index is 1.60. The molecule has 0 unspecified atom stereocenters. The van der Waals surface area contributed by atoms with Crippen LogP contribution in [0.2, 0.25) is 0 Å². The van der Waals surface area contributed by atoms with Crippen molar-refractivity contribution < 1.29 is 0 Å². The molecule has 0 aliphatic heterocycles. The zero-order chi connectivity index (χ0) is 11.9. The second-order valence-corrected chi connectivity index (χ2v) is 6.32. The Morgan fingerprint density at radius 3 is 2.24 bits per heavy atom. The summed E-state index contributed by atoms with van der Waals surface area (Å²) >= 11 is 0. The number of hydrogen-bond donors (Lipinski definition) is 1. The summed E-state index contributed by atoms with van der Waals surface area (Å²) in [4.78, 5) is 0. The second kappa shape index (κ2) is 7.41. The van der Waals surface area contributed by atoms with E-state index in [4.69, 9.17) is 0 Å². The summed E-state index contributed by atoms with van der Waals surface area (Å²) in [6.07, 6.45) is 16.1. The van der Waals surface area contributed by atoms with Gasteiger partial charge in [0.15, 0.2) is 0 Å². The minimum atomic E-state index is 0.856. The number of nitrogens with one attached hydrogen (secondary N) is 1. The lowest BCUT2D eigenvalue weighted by Gasteiger charge is -2.25. The molecule has 0 radical (unpaired) electrons. The third-order valence-corrected chi connectivity index (χ3v) is 5.03. The molecular formula is C16H31N. The molecule has 17 heavy (non-hydrogen) atoms. The summed E-state index contributed by atoms with van der Waals surface area (Å²) in [5, 5.41) is 3.81. The van der Waals surface area contributed by atoms with Crippen LogP contribution in [0.3, 0.4) is 0 Å². The first-order chi connectivity index (χ1) is 8.40. The predicted molar refractivity (Wildman–Crippen MR) is 75.2 cm³/mol. The fourth-order valence-electron chi connectivity index (χ4n) is 4.02. The van der Waals surface area contributed by atoms with E-state index in [1.54, 1.807) is 0 Å². The van der Waals surface area contributed by atoms with Gasteiger partial charge in [0.05, 0.1) is 0 Å². The normalized spacial score (nSPS) is 30.9. The van der Waals surface area contributed by atoms with Crippen LogP contribution in [0.25, 0.3) is 0 Å². The largest absolute Gasteiger partial charge is 0.314 e. The van der Waals surface area contributed by atoms with Crippen LogP contribution in [-0.4, -0.2) is 12.6 Å². The lowest BCUT2D eigenvalue weighted by Crippen LogP contribution is -2.32. The van der Waals surface area contributed by atoms with Crippen LogP contribution in [-0.2, 0) is 0 Å². The maximum absolute atomic E-state index is 3.81. The Labute approximate surface area is 108 Å². The Kier molecular flexibility index (Phi) is 5.84. The minimum absolute atomic E-state index is 0.856. The van der Waals surface area contributed by atoms with E-state index in [1.807, 2.05) is 0 Å². The smallest absolute Gasteiger partial charge is 0.00670 e. The summed E-state index contributed by atoms with van der Waals surface area (Å²) in [5.41, 5.74) is 0. The summed E-state index contributed by atoms with van der Waals surface area (Å²) in [6.45, 7) is 3.63. The molecule has 0 bridgehead atoms. The van der Waals surface area contributed by atoms with Crippen molar-refractivity contribution in [1.29, 1.82) is 0 Å². The van der Waals surface area contributed by atoms with E-state index in [2.05, 4.69) is 12.2 Å². The molecule has 2 aliphatic carbocycles. The van der Waals surface area contributed by atoms with E-state index in [0.717, 1.165) is 17.9 Å². The van der Waals surface area contributed by atoms with Crippen LogP contribution in [0.4, 0.5) is 0 Å². The molecule has 0 aromatic heterocycles. The molecule has 2 rings (SSSR count). The Morgan fingerprint density at radius 1 is 0.824 bits per heavy atom. The van der Waals surface area contributed by atoms with Gasteiger partial charge in [-0.2, -0.15) is 0 Å². The Morgan fingerprint density at radius 2 is 1.53 bits per heavy atom. The van der Waals surface area contributed by atoms with Gasteiger partial charge in [-0.1, -0.05) is 58.3 Å². The average Bonchev–Trinajstić information content (AvgIpc) is 2.79. The molecule has 0 aromatic carbocycles. The number of hydrogen-bond acceptors (Lipinski definition) is 1. The summed E-state index contributed by atoms with van der Waals surface area (Å²) in [6, 6.07) is 0.856. The molecule has 1 N–H and O–H groups in total. The van der Waals surface area contributed by atoms with Crippen LogP contribution in [0.1, 0.15) is 77.6 Å². The van der Waals surface area contributed by atoms with E-state index in [9.17, 15) is 0 Å². The molecule has 100 valence electrons. The quantitative estimate of drug-likeness (QED) is 0.716. The van der Waals surface area contributed by atoms with Crippen molar-refractivity contribution in [1.82, 2.24) is 5.32 Å². The van der Waals surface area contributed by atoms with Crippen LogP contribution in [0.15, 0.2) is 0 Å². The molecule has 0 aromatic rings. The van der Waals surface area contributed by atoms with Crippen molar-refractivity contribution in [2.45, 2.75) is 83.6 Å². The van der Waals surface area contributed by atoms with Gasteiger partial charge in [-0.25, -0.2) is 0 Å². The molecule has 2 aliphatic rings. The van der Waals surface area contributed by atoms with Gasteiger partial charge in [0.2, 0.25) is 0 Å². The first-order valence-corrected chi connectivity index (χ1v) is 8.13. The average molecular weight is 237 g/mol. The standard InChI is InChI=1S/C16H31N/c1-2-7-14-8-6-9-15(14)12-13-17-16-10-4-3-5-11-16/h14-17H,2-13H2,1H3/t14-,15-/m0/s1. The molecular weight excluding hydrogens is 206 g/mol. The van der Waals surface area contributed by atoms with E-state index >= 15 is 0 Å². The first kappa shape index (κ1) is 13.4. The third-order valence-electron chi connectivity index (χ3n) is 5.03. The van der Waals surface area contributed by atoms with Crippen molar-refractivity contribution in [2.75, 3.05) is 6.54 Å². The first-order valence-electron chi connectivity index (χ1n) is 8.13. The van der Waals surface area contributed by atoms with Crippen molar-refractivity contribution in [2.24, 2.45) is 11.8 Å². The maximum atomic E-state index is 3.81. The van der Waals surface area contributed by atoms with Gasteiger partial charge in [-0.3, -0.25) is 0 Å². The van der Waals surface area contributed by atoms with Crippen molar-refractivity contribution in [3.63, 3.8) is 0 Å². The van der Waals surface area contributed by atoms with Crippen molar-refractivity contribution >= 4 is 0 Å². The lowest BCUT2D eigenvalue weighted by atomic mass is 9.89. The van der Waals surface area contributed by atoms with Crippen LogP contribution in [0.5, 0.6) is 0 Å². The molecule has 2 saturated carbocycles. The molecule has 0 saturated heterocycles. The van der Waals surface area contributed by atoms with E-state index in [1.165, 1.54) is 77.2 Å². The van der Waals surface area contributed by atoms with Gasteiger partial charge in [0.25, 0.3) is 0 Å². The fraction of sp³-hybridized carbons (Fsp3) is 1.00. The molecule has 2 fully saturated rings. The molecule has 1 nitrogen and oxygen atoms in total. The highest BCUT2D eigenvalue weighted by molar-refractivity contribution is 4.79. The van der Waals surface area contributed by atoms with Gasteiger partial charge in [-0.05, 0) is 37.6 Å². The van der Waals surface area contributed by atoms with E-state index < -0.39 is 0 Å². The molecule has 2 atom stereocenters. The fourth-order valence-corrected chi connectivity index (χ4v) is 4.02. The van der Waals surface area contributed by atoms with Gasteiger partial charge in [0.1, 0.15) is 0 Å². The summed E-state index contributed by atoms with van der Waals surface area (Å²) in [7, 11) is 0. The Hall–Kier alpha value is -0.0400. The van der Waals surface area contributed by atoms with Crippen LogP contribution >= 0.6 is 0 Å². The zero-order valence-electron chi connectivity index (χ0n) is 11.7. The van der Waals surface area contributed by atoms with Gasteiger partial charge in [0, 0.05) is 6.04 Å². The Bertz CT molecular complexity index is 196. The molecule has 0 spiro atoms. The van der Waals surface area contributed by atoms with Crippen LogP contribution in [0, 0.1) is 11.8 Å². The third kappa shape index (κ3) is 4.28. The van der Waals surface area contributed by atoms with Crippen molar-refractivity contribution in [3.05, 3.63) is 0 Å². The topological polar surface area (TPSA) is 12.0 Å². The lowest BCUT2D eigenvalue weighted by molar-refractivity contribution is 0.313. The second-order valence-electron chi connectivity index (χ2n) is 6.32.